The van der Waals surface area contributed by atoms with Crippen molar-refractivity contribution in [1.29, 1.82) is 0 Å². The number of hydrogen-bond acceptors (Lipinski definition) is 4. The zero-order valence-electron chi connectivity index (χ0n) is 8.05. The van der Waals surface area contributed by atoms with E-state index in [1.165, 1.54) is 17.8 Å². The lowest BCUT2D eigenvalue weighted by Gasteiger charge is -2.01. The third-order valence-corrected chi connectivity index (χ3v) is 3.53. The summed E-state index contributed by atoms with van der Waals surface area (Å²) in [7, 11) is 0. The summed E-state index contributed by atoms with van der Waals surface area (Å²) in [6.07, 6.45) is 0. The van der Waals surface area contributed by atoms with E-state index in [4.69, 9.17) is 16.7 Å². The summed E-state index contributed by atoms with van der Waals surface area (Å²) in [5.74, 6) is -0.487. The molecule has 1 aliphatic heterocycles. The molecule has 0 fully saturated rings. The van der Waals surface area contributed by atoms with E-state index in [0.717, 1.165) is 5.56 Å². The normalized spacial score (nSPS) is 19.6. The van der Waals surface area contributed by atoms with Crippen LogP contribution in [0.25, 0.3) is 0 Å². The Kier molecular flexibility index (Phi) is 3.07. The van der Waals surface area contributed by atoms with Gasteiger partial charge in [0.1, 0.15) is 5.75 Å². The second kappa shape index (κ2) is 4.35. The Morgan fingerprint density at radius 2 is 2.31 bits per heavy atom. The van der Waals surface area contributed by atoms with Gasteiger partial charge in [0.25, 0.3) is 0 Å². The number of aliphatic carboxylic acids is 1. The van der Waals surface area contributed by atoms with Crippen LogP contribution in [0.1, 0.15) is 5.56 Å². The molecule has 0 saturated carbocycles. The van der Waals surface area contributed by atoms with E-state index < -0.39 is 12.0 Å². The van der Waals surface area contributed by atoms with Crippen molar-refractivity contribution in [2.45, 2.75) is 6.04 Å². The summed E-state index contributed by atoms with van der Waals surface area (Å²) in [5.41, 5.74) is 0.733. The number of aromatic hydroxyl groups is 1. The second-order valence-corrected chi connectivity index (χ2v) is 4.68. The fourth-order valence-electron chi connectivity index (χ4n) is 1.30. The van der Waals surface area contributed by atoms with Crippen molar-refractivity contribution in [3.05, 3.63) is 28.8 Å². The standard InChI is InChI=1S/C10H8ClNO3S/c11-6-3-5(1-2-8(6)13)9-12-7(4-16-9)10(14)15/h1-3,7,13H,4H2,(H,14,15). The molecule has 1 aliphatic rings. The van der Waals surface area contributed by atoms with E-state index in [-0.39, 0.29) is 10.8 Å². The SMILES string of the molecule is O=C(O)C1CSC(c2ccc(O)c(Cl)c2)=N1. The molecule has 1 unspecified atom stereocenters. The molecule has 4 nitrogen and oxygen atoms in total. The van der Waals surface area contributed by atoms with Gasteiger partial charge in [0.05, 0.1) is 10.1 Å². The van der Waals surface area contributed by atoms with Gasteiger partial charge in [-0.1, -0.05) is 11.6 Å². The van der Waals surface area contributed by atoms with E-state index in [2.05, 4.69) is 4.99 Å². The summed E-state index contributed by atoms with van der Waals surface area (Å²) >= 11 is 7.14. The first-order valence-corrected chi connectivity index (χ1v) is 5.86. The van der Waals surface area contributed by atoms with Crippen molar-refractivity contribution in [2.24, 2.45) is 4.99 Å². The molecule has 84 valence electrons. The van der Waals surface area contributed by atoms with E-state index in [1.54, 1.807) is 12.1 Å². The molecule has 0 aromatic heterocycles. The van der Waals surface area contributed by atoms with Crippen LogP contribution in [0.15, 0.2) is 23.2 Å². The molecular formula is C10H8ClNO3S. The molecule has 1 aromatic carbocycles. The molecule has 0 bridgehead atoms. The molecule has 1 aromatic rings. The highest BCUT2D eigenvalue weighted by atomic mass is 35.5. The van der Waals surface area contributed by atoms with Crippen LogP contribution in [0, 0.1) is 0 Å². The fourth-order valence-corrected chi connectivity index (χ4v) is 2.51. The van der Waals surface area contributed by atoms with Crippen molar-refractivity contribution in [3.63, 3.8) is 0 Å². The summed E-state index contributed by atoms with van der Waals surface area (Å²) in [6, 6.07) is 4.02. The van der Waals surface area contributed by atoms with E-state index in [0.29, 0.717) is 10.8 Å². The van der Waals surface area contributed by atoms with Crippen molar-refractivity contribution in [3.8, 4) is 5.75 Å². The number of carbonyl (C=O) groups is 1. The molecule has 0 aliphatic carbocycles. The first-order valence-electron chi connectivity index (χ1n) is 4.50. The van der Waals surface area contributed by atoms with Crippen LogP contribution in [0.3, 0.4) is 0 Å². The Labute approximate surface area is 101 Å². The molecule has 2 rings (SSSR count). The van der Waals surface area contributed by atoms with Gasteiger partial charge in [0.15, 0.2) is 6.04 Å². The summed E-state index contributed by atoms with van der Waals surface area (Å²) in [5, 5.41) is 18.9. The largest absolute Gasteiger partial charge is 0.506 e. The van der Waals surface area contributed by atoms with Crippen LogP contribution in [0.4, 0.5) is 0 Å². The lowest BCUT2D eigenvalue weighted by atomic mass is 10.2. The van der Waals surface area contributed by atoms with Gasteiger partial charge in [-0.3, -0.25) is 4.99 Å². The molecule has 16 heavy (non-hydrogen) atoms. The second-order valence-electron chi connectivity index (χ2n) is 3.27. The molecule has 0 radical (unpaired) electrons. The van der Waals surface area contributed by atoms with Gasteiger partial charge in [-0.15, -0.1) is 11.8 Å². The van der Waals surface area contributed by atoms with Gasteiger partial charge in [-0.2, -0.15) is 0 Å². The van der Waals surface area contributed by atoms with Crippen molar-refractivity contribution in [1.82, 2.24) is 0 Å². The molecular weight excluding hydrogens is 250 g/mol. The number of rotatable bonds is 2. The van der Waals surface area contributed by atoms with Crippen LogP contribution < -0.4 is 0 Å². The number of halogens is 1. The van der Waals surface area contributed by atoms with Crippen LogP contribution in [-0.4, -0.2) is 33.0 Å². The maximum Gasteiger partial charge on any atom is 0.329 e. The zero-order valence-corrected chi connectivity index (χ0v) is 9.63. The molecule has 1 heterocycles. The van der Waals surface area contributed by atoms with Gasteiger partial charge in [-0.25, -0.2) is 4.79 Å². The highest BCUT2D eigenvalue weighted by molar-refractivity contribution is 8.14. The number of carboxylic acids is 1. The highest BCUT2D eigenvalue weighted by Crippen LogP contribution is 2.29. The summed E-state index contributed by atoms with van der Waals surface area (Å²) < 4.78 is 0. The monoisotopic (exact) mass is 257 g/mol. The first-order chi connectivity index (χ1) is 7.58. The third kappa shape index (κ3) is 2.15. The first kappa shape index (κ1) is 11.3. The smallest absolute Gasteiger partial charge is 0.329 e. The lowest BCUT2D eigenvalue weighted by Crippen LogP contribution is -2.17. The topological polar surface area (TPSA) is 69.9 Å². The maximum atomic E-state index is 10.7. The Morgan fingerprint density at radius 1 is 1.56 bits per heavy atom. The number of hydrogen-bond donors (Lipinski definition) is 2. The number of phenols is 1. The van der Waals surface area contributed by atoms with Crippen LogP contribution in [0.5, 0.6) is 5.75 Å². The third-order valence-electron chi connectivity index (χ3n) is 2.13. The summed E-state index contributed by atoms with van der Waals surface area (Å²) in [6.45, 7) is 0. The van der Waals surface area contributed by atoms with E-state index in [1.807, 2.05) is 0 Å². The zero-order chi connectivity index (χ0) is 11.7. The van der Waals surface area contributed by atoms with Gasteiger partial charge < -0.3 is 10.2 Å². The number of phenolic OH excluding ortho intramolecular Hbond substituents is 1. The molecule has 0 saturated heterocycles. The van der Waals surface area contributed by atoms with Crippen LogP contribution in [-0.2, 0) is 4.79 Å². The Hall–Kier alpha value is -1.20. The van der Waals surface area contributed by atoms with Crippen molar-refractivity contribution >= 4 is 34.4 Å². The Morgan fingerprint density at radius 3 is 2.88 bits per heavy atom. The maximum absolute atomic E-state index is 10.7. The number of thioether (sulfide) groups is 1. The fraction of sp³-hybridized carbons (Fsp3) is 0.200. The highest BCUT2D eigenvalue weighted by Gasteiger charge is 2.25. The predicted molar refractivity (Wildman–Crippen MR) is 63.5 cm³/mol. The van der Waals surface area contributed by atoms with E-state index >= 15 is 0 Å². The van der Waals surface area contributed by atoms with Gasteiger partial charge in [0, 0.05) is 11.3 Å². The van der Waals surface area contributed by atoms with E-state index in [9.17, 15) is 9.90 Å². The van der Waals surface area contributed by atoms with Crippen LogP contribution >= 0.6 is 23.4 Å². The predicted octanol–water partition coefficient (Wildman–Crippen LogP) is 1.99. The average Bonchev–Trinajstić information content (AvgIpc) is 2.71. The quantitative estimate of drug-likeness (QED) is 0.850. The number of aliphatic imine (C=N–C) groups is 1. The van der Waals surface area contributed by atoms with Crippen molar-refractivity contribution in [2.75, 3.05) is 5.75 Å². The number of carboxylic acid groups (broad SMARTS) is 1. The minimum absolute atomic E-state index is 0.00352. The average molecular weight is 258 g/mol. The molecule has 0 amide bonds. The minimum Gasteiger partial charge on any atom is -0.506 e. The summed E-state index contributed by atoms with van der Waals surface area (Å²) in [4.78, 5) is 14.8. The number of nitrogens with zero attached hydrogens (tertiary/aromatic N) is 1. The molecule has 0 spiro atoms. The van der Waals surface area contributed by atoms with Gasteiger partial charge >= 0.3 is 5.97 Å². The van der Waals surface area contributed by atoms with Gasteiger partial charge in [0.2, 0.25) is 0 Å². The van der Waals surface area contributed by atoms with Crippen molar-refractivity contribution < 1.29 is 15.0 Å². The molecule has 1 atom stereocenters. The molecule has 6 heteroatoms. The number of benzene rings is 1. The Bertz CT molecular complexity index is 475. The molecule has 2 N–H and O–H groups in total. The minimum atomic E-state index is -0.924. The van der Waals surface area contributed by atoms with Crippen LogP contribution in [0.2, 0.25) is 5.02 Å². The van der Waals surface area contributed by atoms with Gasteiger partial charge in [-0.05, 0) is 18.2 Å². The lowest BCUT2D eigenvalue weighted by molar-refractivity contribution is -0.137. The Balaban J connectivity index is 2.29.